The lowest BCUT2D eigenvalue weighted by Crippen LogP contribution is -2.69. The number of carbonyl (C=O) groups excluding carboxylic acids is 2. The highest BCUT2D eigenvalue weighted by Crippen LogP contribution is 2.31. The van der Waals surface area contributed by atoms with Crippen LogP contribution in [0.5, 0.6) is 0 Å². The van der Waals surface area contributed by atoms with Gasteiger partial charge in [0.2, 0.25) is 11.8 Å². The third kappa shape index (κ3) is 8.23. The molecule has 0 saturated carbocycles. The minimum absolute atomic E-state index is 0.672. The lowest BCUT2D eigenvalue weighted by Gasteiger charge is -2.48. The van der Waals surface area contributed by atoms with E-state index in [1.165, 1.54) is 0 Å². The average molecular weight is 589 g/mol. The zero-order valence-corrected chi connectivity index (χ0v) is 21.8. The number of nitrogens with one attached hydrogen (secondary N) is 2. The highest BCUT2D eigenvalue weighted by atomic mass is 16.7. The van der Waals surface area contributed by atoms with Crippen LogP contribution in [0, 0.1) is 0 Å². The number of ether oxygens (including phenoxy) is 4. The first-order valence-electron chi connectivity index (χ1n) is 12.5. The van der Waals surface area contributed by atoms with E-state index in [0.717, 1.165) is 13.8 Å². The van der Waals surface area contributed by atoms with Crippen LogP contribution in [-0.2, 0) is 28.5 Å². The Bertz CT molecular complexity index is 807. The van der Waals surface area contributed by atoms with Crippen LogP contribution in [0.15, 0.2) is 0 Å². The molecule has 18 nitrogen and oxygen atoms in total. The van der Waals surface area contributed by atoms with Gasteiger partial charge in [-0.1, -0.05) is 0 Å². The molecule has 2 aliphatic rings. The Hall–Kier alpha value is -1.62. The first kappa shape index (κ1) is 34.6. The smallest absolute Gasteiger partial charge is 0.217 e. The lowest BCUT2D eigenvalue weighted by molar-refractivity contribution is -0.350. The van der Waals surface area contributed by atoms with Crippen LogP contribution in [0.2, 0.25) is 0 Å². The van der Waals surface area contributed by atoms with Crippen molar-refractivity contribution >= 4 is 11.8 Å². The molecule has 2 amide bonds. The Labute approximate surface area is 228 Å². The number of hydrogen-bond donors (Lipinski definition) is 12. The van der Waals surface area contributed by atoms with E-state index in [1.54, 1.807) is 0 Å². The van der Waals surface area contributed by atoms with Crippen molar-refractivity contribution in [1.29, 1.82) is 0 Å². The fourth-order valence-electron chi connectivity index (χ4n) is 4.46. The SMILES string of the molecule is CC(=O)N[C@H]1[C@@H](O[C@@H]([C@@H](O)[C@H](O)CO)[C@H](CO)NC(C)=O)O[C@H](CO)[C@H](O)[C@@H]1O[C@@H]1O[C@H](CO)[C@H](O)[C@H](O)[C@H]1O. The van der Waals surface area contributed by atoms with Crippen molar-refractivity contribution in [2.45, 2.75) is 99.6 Å². The van der Waals surface area contributed by atoms with Gasteiger partial charge in [-0.05, 0) is 0 Å². The summed E-state index contributed by atoms with van der Waals surface area (Å²) < 4.78 is 22.4. The Balaban J connectivity index is 2.47. The molecule has 0 unspecified atom stereocenters. The number of hydrogen-bond acceptors (Lipinski definition) is 16. The third-order valence-corrected chi connectivity index (χ3v) is 6.55. The molecule has 14 atom stereocenters. The average Bonchev–Trinajstić information content (AvgIpc) is 2.92. The van der Waals surface area contributed by atoms with E-state index in [1.807, 2.05) is 0 Å². The molecule has 0 spiro atoms. The summed E-state index contributed by atoms with van der Waals surface area (Å²) in [6.07, 6.45) is -20.9. The van der Waals surface area contributed by atoms with Crippen LogP contribution in [0.4, 0.5) is 0 Å². The van der Waals surface area contributed by atoms with E-state index >= 15 is 0 Å². The van der Waals surface area contributed by atoms with Crippen LogP contribution in [0.25, 0.3) is 0 Å². The second-order valence-corrected chi connectivity index (χ2v) is 9.57. The zero-order valence-electron chi connectivity index (χ0n) is 21.8. The third-order valence-electron chi connectivity index (χ3n) is 6.55. The Morgan fingerprint density at radius 3 is 1.88 bits per heavy atom. The van der Waals surface area contributed by atoms with Crippen LogP contribution >= 0.6 is 0 Å². The van der Waals surface area contributed by atoms with E-state index in [9.17, 15) is 60.7 Å². The topological polar surface area (TPSA) is 297 Å². The Kier molecular flexibility index (Phi) is 13.5. The summed E-state index contributed by atoms with van der Waals surface area (Å²) in [7, 11) is 0. The van der Waals surface area contributed by atoms with Gasteiger partial charge in [0.15, 0.2) is 12.6 Å². The first-order valence-corrected chi connectivity index (χ1v) is 12.5. The monoisotopic (exact) mass is 588 g/mol. The summed E-state index contributed by atoms with van der Waals surface area (Å²) in [6.45, 7) is -1.28. The zero-order chi connectivity index (χ0) is 30.3. The molecule has 2 rings (SSSR count). The van der Waals surface area contributed by atoms with Gasteiger partial charge in [0.1, 0.15) is 67.1 Å². The van der Waals surface area contributed by atoms with Gasteiger partial charge in [-0.2, -0.15) is 0 Å². The molecule has 0 aromatic rings. The molecule has 40 heavy (non-hydrogen) atoms. The second-order valence-electron chi connectivity index (χ2n) is 9.57. The van der Waals surface area contributed by atoms with Gasteiger partial charge >= 0.3 is 0 Å². The van der Waals surface area contributed by atoms with Crippen molar-refractivity contribution in [3.05, 3.63) is 0 Å². The maximum absolute atomic E-state index is 12.1. The molecule has 2 aliphatic heterocycles. The highest BCUT2D eigenvalue weighted by Gasteiger charge is 2.52. The van der Waals surface area contributed by atoms with E-state index < -0.39 is 124 Å². The molecule has 0 aliphatic carbocycles. The van der Waals surface area contributed by atoms with Gasteiger partial charge in [0.25, 0.3) is 0 Å². The highest BCUT2D eigenvalue weighted by molar-refractivity contribution is 5.73. The molecule has 18 heteroatoms. The van der Waals surface area contributed by atoms with Crippen LogP contribution in [-0.4, -0.2) is 175 Å². The summed E-state index contributed by atoms with van der Waals surface area (Å²) in [5.41, 5.74) is 0. The standard InChI is InChI=1S/C22H40N2O16/c1-7(29)23-9(3-25)19(14(32)10(31)4-26)39-21-13(24-8(2)30)20(16(34)12(6-28)37-21)40-22-18(36)17(35)15(33)11(5-27)38-22/h9-22,25-28,31-36H,3-6H2,1-2H3,(H,23,29)(H,24,30)/t9-,10+,11+,12+,13+,14-,15-,16-,17-,18+,19+,20+,21+,22-/m0/s1. The molecule has 0 aromatic heterocycles. The molecule has 0 radical (unpaired) electrons. The van der Waals surface area contributed by atoms with Crippen molar-refractivity contribution < 1.29 is 79.6 Å². The van der Waals surface area contributed by atoms with Crippen LogP contribution < -0.4 is 10.6 Å². The Morgan fingerprint density at radius 1 is 0.800 bits per heavy atom. The molecule has 0 bridgehead atoms. The van der Waals surface area contributed by atoms with Gasteiger partial charge in [-0.25, -0.2) is 0 Å². The maximum Gasteiger partial charge on any atom is 0.217 e. The van der Waals surface area contributed by atoms with Gasteiger partial charge in [-0.15, -0.1) is 0 Å². The molecule has 234 valence electrons. The van der Waals surface area contributed by atoms with E-state index in [2.05, 4.69) is 10.6 Å². The predicted octanol–water partition coefficient (Wildman–Crippen LogP) is -7.65. The number of aliphatic hydroxyl groups is 10. The molecule has 2 saturated heterocycles. The minimum atomic E-state index is -1.96. The normalized spacial score (nSPS) is 37.7. The van der Waals surface area contributed by atoms with Crippen molar-refractivity contribution in [1.82, 2.24) is 10.6 Å². The summed E-state index contributed by atoms with van der Waals surface area (Å²) in [5.74, 6) is -1.40. The van der Waals surface area contributed by atoms with Crippen molar-refractivity contribution in [3.63, 3.8) is 0 Å². The molecular formula is C22H40N2O16. The predicted molar refractivity (Wildman–Crippen MR) is 127 cm³/mol. The van der Waals surface area contributed by atoms with Crippen LogP contribution in [0.3, 0.4) is 0 Å². The van der Waals surface area contributed by atoms with E-state index in [0.29, 0.717) is 0 Å². The summed E-state index contributed by atoms with van der Waals surface area (Å²) in [6, 6.07) is -2.94. The molecule has 2 fully saturated rings. The van der Waals surface area contributed by atoms with Crippen molar-refractivity contribution in [2.75, 3.05) is 26.4 Å². The number of rotatable bonds is 13. The number of carbonyl (C=O) groups is 2. The Morgan fingerprint density at radius 2 is 1.38 bits per heavy atom. The second kappa shape index (κ2) is 15.6. The molecular weight excluding hydrogens is 548 g/mol. The number of amides is 2. The van der Waals surface area contributed by atoms with Crippen molar-refractivity contribution in [3.8, 4) is 0 Å². The fourth-order valence-corrected chi connectivity index (χ4v) is 4.46. The van der Waals surface area contributed by atoms with Gasteiger partial charge in [0, 0.05) is 13.8 Å². The summed E-state index contributed by atoms with van der Waals surface area (Å²) >= 11 is 0. The largest absolute Gasteiger partial charge is 0.394 e. The minimum Gasteiger partial charge on any atom is -0.394 e. The van der Waals surface area contributed by atoms with Gasteiger partial charge in [-0.3, -0.25) is 9.59 Å². The fraction of sp³-hybridized carbons (Fsp3) is 0.909. The van der Waals surface area contributed by atoms with E-state index in [4.69, 9.17) is 18.9 Å². The molecule has 2 heterocycles. The van der Waals surface area contributed by atoms with Gasteiger partial charge in [0.05, 0.1) is 32.5 Å². The summed E-state index contributed by atoms with van der Waals surface area (Å²) in [5, 5.41) is 105. The number of aliphatic hydroxyl groups excluding tert-OH is 10. The van der Waals surface area contributed by atoms with Crippen LogP contribution in [0.1, 0.15) is 13.8 Å². The molecule has 12 N–H and O–H groups in total. The van der Waals surface area contributed by atoms with E-state index in [-0.39, 0.29) is 0 Å². The quantitative estimate of drug-likeness (QED) is 0.0950. The molecule has 0 aromatic carbocycles. The lowest BCUT2D eigenvalue weighted by atomic mass is 9.94. The van der Waals surface area contributed by atoms with Gasteiger partial charge < -0.3 is 80.6 Å². The van der Waals surface area contributed by atoms with Crippen molar-refractivity contribution in [2.24, 2.45) is 0 Å². The summed E-state index contributed by atoms with van der Waals surface area (Å²) in [4.78, 5) is 23.8. The maximum atomic E-state index is 12.1. The first-order chi connectivity index (χ1) is 18.8.